The number of benzene rings is 2. The largest absolute Gasteiger partial charge is 0.309 e. The molecule has 1 heterocycles. The Labute approximate surface area is 109 Å². The van der Waals surface area contributed by atoms with Crippen LogP contribution in [-0.4, -0.2) is 6.54 Å². The van der Waals surface area contributed by atoms with Crippen LogP contribution < -0.4 is 5.32 Å². The van der Waals surface area contributed by atoms with Gasteiger partial charge in [-0.15, -0.1) is 0 Å². The Morgan fingerprint density at radius 3 is 2.06 bits per heavy atom. The van der Waals surface area contributed by atoms with Crippen LogP contribution >= 0.6 is 0 Å². The van der Waals surface area contributed by atoms with Gasteiger partial charge in [0.15, 0.2) is 0 Å². The first-order valence-corrected chi connectivity index (χ1v) is 6.78. The zero-order valence-electron chi connectivity index (χ0n) is 10.5. The smallest absolute Gasteiger partial charge is 0.0389 e. The van der Waals surface area contributed by atoms with Crippen LogP contribution in [0.15, 0.2) is 60.7 Å². The van der Waals surface area contributed by atoms with E-state index in [1.54, 1.807) is 0 Å². The summed E-state index contributed by atoms with van der Waals surface area (Å²) in [4.78, 5) is 0. The third kappa shape index (κ3) is 2.32. The summed E-state index contributed by atoms with van der Waals surface area (Å²) in [5, 5.41) is 3.68. The molecule has 18 heavy (non-hydrogen) atoms. The van der Waals surface area contributed by atoms with Gasteiger partial charge in [0.25, 0.3) is 0 Å². The first kappa shape index (κ1) is 11.5. The Morgan fingerprint density at radius 2 is 1.39 bits per heavy atom. The molecule has 1 aliphatic heterocycles. The molecular formula is C17H19N. The fourth-order valence-electron chi connectivity index (χ4n) is 2.96. The van der Waals surface area contributed by atoms with Crippen molar-refractivity contribution in [3.63, 3.8) is 0 Å². The van der Waals surface area contributed by atoms with Gasteiger partial charge in [-0.3, -0.25) is 0 Å². The second-order valence-electron chi connectivity index (χ2n) is 5.00. The molecular weight excluding hydrogens is 218 g/mol. The Hall–Kier alpha value is -1.60. The molecule has 0 aromatic heterocycles. The van der Waals surface area contributed by atoms with E-state index >= 15 is 0 Å². The van der Waals surface area contributed by atoms with Gasteiger partial charge in [0.2, 0.25) is 0 Å². The highest BCUT2D eigenvalue weighted by Crippen LogP contribution is 2.36. The number of piperidine rings is 1. The van der Waals surface area contributed by atoms with Crippen LogP contribution in [0.1, 0.15) is 35.9 Å². The summed E-state index contributed by atoms with van der Waals surface area (Å²) in [6.07, 6.45) is 2.54. The van der Waals surface area contributed by atoms with Crippen molar-refractivity contribution >= 4 is 0 Å². The maximum absolute atomic E-state index is 3.68. The van der Waals surface area contributed by atoms with E-state index in [2.05, 4.69) is 66.0 Å². The molecule has 1 aliphatic rings. The second-order valence-corrected chi connectivity index (χ2v) is 5.00. The molecule has 2 unspecified atom stereocenters. The zero-order valence-corrected chi connectivity index (χ0v) is 10.5. The lowest BCUT2D eigenvalue weighted by molar-refractivity contribution is 0.358. The molecule has 0 radical (unpaired) electrons. The average Bonchev–Trinajstić information content (AvgIpc) is 2.49. The summed E-state index contributed by atoms with van der Waals surface area (Å²) in [6.45, 7) is 1.13. The van der Waals surface area contributed by atoms with Crippen molar-refractivity contribution in [1.29, 1.82) is 0 Å². The fourth-order valence-corrected chi connectivity index (χ4v) is 2.96. The first-order valence-electron chi connectivity index (χ1n) is 6.78. The van der Waals surface area contributed by atoms with E-state index in [9.17, 15) is 0 Å². The molecule has 1 fully saturated rings. The van der Waals surface area contributed by atoms with Crippen molar-refractivity contribution in [2.75, 3.05) is 6.54 Å². The molecule has 1 N–H and O–H groups in total. The van der Waals surface area contributed by atoms with Crippen molar-refractivity contribution < 1.29 is 0 Å². The molecule has 3 rings (SSSR count). The number of hydrogen-bond acceptors (Lipinski definition) is 1. The molecule has 0 aliphatic carbocycles. The zero-order chi connectivity index (χ0) is 12.2. The first-order chi connectivity index (χ1) is 8.95. The van der Waals surface area contributed by atoms with Gasteiger partial charge < -0.3 is 5.32 Å². The monoisotopic (exact) mass is 237 g/mol. The third-order valence-corrected chi connectivity index (χ3v) is 3.84. The van der Waals surface area contributed by atoms with Crippen molar-refractivity contribution in [2.45, 2.75) is 24.8 Å². The van der Waals surface area contributed by atoms with Gasteiger partial charge in [0, 0.05) is 12.0 Å². The molecule has 1 heteroatoms. The molecule has 0 saturated carbocycles. The quantitative estimate of drug-likeness (QED) is 0.835. The van der Waals surface area contributed by atoms with Crippen LogP contribution in [0.3, 0.4) is 0 Å². The van der Waals surface area contributed by atoms with Crippen LogP contribution in [0, 0.1) is 0 Å². The van der Waals surface area contributed by atoms with Gasteiger partial charge in [-0.25, -0.2) is 0 Å². The molecule has 1 nitrogen and oxygen atoms in total. The van der Waals surface area contributed by atoms with Crippen LogP contribution in [-0.2, 0) is 0 Å². The average molecular weight is 237 g/mol. The molecule has 1 saturated heterocycles. The lowest BCUT2D eigenvalue weighted by atomic mass is 9.81. The molecule has 0 spiro atoms. The second kappa shape index (κ2) is 5.36. The van der Waals surface area contributed by atoms with E-state index in [-0.39, 0.29) is 0 Å². The van der Waals surface area contributed by atoms with E-state index in [4.69, 9.17) is 0 Å². The molecule has 92 valence electrons. The van der Waals surface area contributed by atoms with Crippen LogP contribution in [0.25, 0.3) is 0 Å². The van der Waals surface area contributed by atoms with Gasteiger partial charge in [-0.1, -0.05) is 60.7 Å². The molecule has 0 amide bonds. The maximum Gasteiger partial charge on any atom is 0.0389 e. The Morgan fingerprint density at radius 1 is 0.778 bits per heavy atom. The Kier molecular flexibility index (Phi) is 3.42. The molecule has 2 aromatic rings. The molecule has 2 atom stereocenters. The fraction of sp³-hybridized carbons (Fsp3) is 0.294. The van der Waals surface area contributed by atoms with Gasteiger partial charge in [0.05, 0.1) is 0 Å². The standard InChI is InChI=1S/C17H19N/c1-3-8-14(9-4-1)16-12-7-13-18-17(16)15-10-5-2-6-11-15/h1-6,8-11,16-18H,7,12-13H2. The highest BCUT2D eigenvalue weighted by atomic mass is 14.9. The van der Waals surface area contributed by atoms with E-state index in [1.807, 2.05) is 0 Å². The number of hydrogen-bond donors (Lipinski definition) is 1. The predicted octanol–water partition coefficient (Wildman–Crippen LogP) is 3.89. The summed E-state index contributed by atoms with van der Waals surface area (Å²) in [6, 6.07) is 22.2. The van der Waals surface area contributed by atoms with Crippen LogP contribution in [0.4, 0.5) is 0 Å². The lowest BCUT2D eigenvalue weighted by Crippen LogP contribution is -2.32. The minimum atomic E-state index is 0.461. The van der Waals surface area contributed by atoms with Crippen molar-refractivity contribution in [3.8, 4) is 0 Å². The normalized spacial score (nSPS) is 23.8. The van der Waals surface area contributed by atoms with Gasteiger partial charge in [-0.2, -0.15) is 0 Å². The van der Waals surface area contributed by atoms with Gasteiger partial charge >= 0.3 is 0 Å². The van der Waals surface area contributed by atoms with Crippen molar-refractivity contribution in [1.82, 2.24) is 5.32 Å². The van der Waals surface area contributed by atoms with Gasteiger partial charge in [-0.05, 0) is 30.5 Å². The minimum Gasteiger partial charge on any atom is -0.309 e. The van der Waals surface area contributed by atoms with E-state index < -0.39 is 0 Å². The Balaban J connectivity index is 1.92. The van der Waals surface area contributed by atoms with E-state index in [0.29, 0.717) is 12.0 Å². The number of rotatable bonds is 2. The summed E-state index contributed by atoms with van der Waals surface area (Å²) >= 11 is 0. The predicted molar refractivity (Wildman–Crippen MR) is 75.6 cm³/mol. The summed E-state index contributed by atoms with van der Waals surface area (Å²) in [5.74, 6) is 0.599. The Bertz CT molecular complexity index is 430. The SMILES string of the molecule is c1ccc(C2CCCNC2c2ccccc2)cc1. The summed E-state index contributed by atoms with van der Waals surface area (Å²) in [7, 11) is 0. The van der Waals surface area contributed by atoms with Crippen LogP contribution in [0.2, 0.25) is 0 Å². The van der Waals surface area contributed by atoms with E-state index in [0.717, 1.165) is 6.54 Å². The summed E-state index contributed by atoms with van der Waals surface area (Å²) < 4.78 is 0. The van der Waals surface area contributed by atoms with Crippen molar-refractivity contribution in [2.24, 2.45) is 0 Å². The lowest BCUT2D eigenvalue weighted by Gasteiger charge is -2.33. The highest BCUT2D eigenvalue weighted by Gasteiger charge is 2.26. The van der Waals surface area contributed by atoms with Crippen LogP contribution in [0.5, 0.6) is 0 Å². The maximum atomic E-state index is 3.68. The third-order valence-electron chi connectivity index (χ3n) is 3.84. The molecule has 0 bridgehead atoms. The minimum absolute atomic E-state index is 0.461. The highest BCUT2D eigenvalue weighted by molar-refractivity contribution is 5.28. The summed E-state index contributed by atoms with van der Waals surface area (Å²) in [5.41, 5.74) is 2.87. The molecule has 2 aromatic carbocycles. The van der Waals surface area contributed by atoms with Gasteiger partial charge in [0.1, 0.15) is 0 Å². The topological polar surface area (TPSA) is 12.0 Å². The van der Waals surface area contributed by atoms with E-state index in [1.165, 1.54) is 24.0 Å². The van der Waals surface area contributed by atoms with Crippen molar-refractivity contribution in [3.05, 3.63) is 71.8 Å². The number of nitrogens with one attached hydrogen (secondary N) is 1.